The third-order valence-electron chi connectivity index (χ3n) is 5.23. The molecule has 2 saturated heterocycles. The molecular formula is C17H26N4O3S. The molecule has 0 aromatic carbocycles. The number of aromatic nitrogens is 1. The van der Waals surface area contributed by atoms with Crippen LogP contribution >= 0.6 is 0 Å². The predicted molar refractivity (Wildman–Crippen MR) is 95.8 cm³/mol. The number of carbonyl (C=O) groups is 1. The van der Waals surface area contributed by atoms with Crippen LogP contribution in [0.5, 0.6) is 0 Å². The van der Waals surface area contributed by atoms with Crippen LogP contribution in [0.4, 0.5) is 0 Å². The summed E-state index contributed by atoms with van der Waals surface area (Å²) in [4.78, 5) is 20.7. The number of hydrogen-bond acceptors (Lipinski definition) is 5. The van der Waals surface area contributed by atoms with Crippen molar-refractivity contribution in [3.8, 4) is 0 Å². The van der Waals surface area contributed by atoms with E-state index in [1.807, 2.05) is 4.90 Å². The number of sulfonamides is 1. The zero-order valence-electron chi connectivity index (χ0n) is 14.7. The molecule has 7 nitrogen and oxygen atoms in total. The molecule has 1 amide bonds. The summed E-state index contributed by atoms with van der Waals surface area (Å²) in [5.74, 6) is 0.238. The van der Waals surface area contributed by atoms with Crippen molar-refractivity contribution in [1.82, 2.24) is 19.1 Å². The van der Waals surface area contributed by atoms with Gasteiger partial charge in [0.15, 0.2) is 0 Å². The van der Waals surface area contributed by atoms with Gasteiger partial charge in [-0.2, -0.15) is 4.31 Å². The fraction of sp³-hybridized carbons (Fsp3) is 0.647. The molecular weight excluding hydrogens is 340 g/mol. The number of rotatable bonds is 4. The Morgan fingerprint density at radius 2 is 1.68 bits per heavy atom. The summed E-state index contributed by atoms with van der Waals surface area (Å²) in [6.45, 7) is 5.90. The normalized spacial score (nSPS) is 21.4. The van der Waals surface area contributed by atoms with E-state index in [9.17, 15) is 13.2 Å². The van der Waals surface area contributed by atoms with Gasteiger partial charge in [0.1, 0.15) is 0 Å². The van der Waals surface area contributed by atoms with Gasteiger partial charge in [-0.3, -0.25) is 14.7 Å². The summed E-state index contributed by atoms with van der Waals surface area (Å²) < 4.78 is 25.5. The smallest absolute Gasteiger partial charge is 0.253 e. The van der Waals surface area contributed by atoms with Gasteiger partial charge in [-0.05, 0) is 31.9 Å². The van der Waals surface area contributed by atoms with E-state index >= 15 is 0 Å². The Balaban J connectivity index is 1.49. The Hall–Kier alpha value is -1.51. The molecule has 1 aromatic rings. The Bertz CT molecular complexity index is 679. The minimum atomic E-state index is -3.08. The van der Waals surface area contributed by atoms with Gasteiger partial charge >= 0.3 is 0 Å². The van der Waals surface area contributed by atoms with Crippen LogP contribution in [0.2, 0.25) is 0 Å². The van der Waals surface area contributed by atoms with Crippen molar-refractivity contribution < 1.29 is 13.2 Å². The molecule has 0 atom stereocenters. The molecule has 1 aromatic heterocycles. The van der Waals surface area contributed by atoms with Crippen LogP contribution in [-0.4, -0.2) is 84.5 Å². The standard InChI is InChI=1S/C17H26N4O3S/c1-2-25(23,24)21-13-11-19(12-14-21)16-5-9-20(10-6-16)17(22)15-3-7-18-8-4-15/h3-4,7-8,16H,2,5-6,9-14H2,1H3. The second-order valence-electron chi connectivity index (χ2n) is 6.59. The molecule has 25 heavy (non-hydrogen) atoms. The lowest BCUT2D eigenvalue weighted by molar-refractivity contribution is 0.0562. The average Bonchev–Trinajstić information content (AvgIpc) is 2.68. The molecule has 0 aliphatic carbocycles. The Morgan fingerprint density at radius 1 is 1.08 bits per heavy atom. The van der Waals surface area contributed by atoms with Crippen LogP contribution < -0.4 is 0 Å². The lowest BCUT2D eigenvalue weighted by Gasteiger charge is -2.42. The summed E-state index contributed by atoms with van der Waals surface area (Å²) >= 11 is 0. The molecule has 2 aliphatic rings. The first-order valence-corrected chi connectivity index (χ1v) is 10.5. The predicted octanol–water partition coefficient (Wildman–Crippen LogP) is 0.654. The van der Waals surface area contributed by atoms with Gasteiger partial charge in [-0.15, -0.1) is 0 Å². The number of amides is 1. The maximum Gasteiger partial charge on any atom is 0.253 e. The van der Waals surface area contributed by atoms with Crippen molar-refractivity contribution in [3.05, 3.63) is 30.1 Å². The lowest BCUT2D eigenvalue weighted by Crippen LogP contribution is -2.54. The second-order valence-corrected chi connectivity index (χ2v) is 8.85. The summed E-state index contributed by atoms with van der Waals surface area (Å²) in [6, 6.07) is 3.94. The fourth-order valence-electron chi connectivity index (χ4n) is 3.64. The Kier molecular flexibility index (Phi) is 5.71. The van der Waals surface area contributed by atoms with E-state index < -0.39 is 10.0 Å². The maximum atomic E-state index is 12.5. The van der Waals surface area contributed by atoms with E-state index in [1.165, 1.54) is 0 Å². The third-order valence-corrected chi connectivity index (χ3v) is 7.11. The highest BCUT2D eigenvalue weighted by atomic mass is 32.2. The zero-order chi connectivity index (χ0) is 17.9. The average molecular weight is 366 g/mol. The van der Waals surface area contributed by atoms with Crippen LogP contribution in [0.1, 0.15) is 30.1 Å². The number of pyridine rings is 1. The van der Waals surface area contributed by atoms with Crippen molar-refractivity contribution in [2.45, 2.75) is 25.8 Å². The first-order chi connectivity index (χ1) is 12.0. The number of nitrogens with zero attached hydrogens (tertiary/aromatic N) is 4. The lowest BCUT2D eigenvalue weighted by atomic mass is 10.0. The van der Waals surface area contributed by atoms with Gasteiger partial charge in [0.05, 0.1) is 5.75 Å². The molecule has 8 heteroatoms. The largest absolute Gasteiger partial charge is 0.339 e. The highest BCUT2D eigenvalue weighted by Crippen LogP contribution is 2.20. The van der Waals surface area contributed by atoms with Crippen LogP contribution in [-0.2, 0) is 10.0 Å². The summed E-state index contributed by atoms with van der Waals surface area (Å²) in [5.41, 5.74) is 0.687. The minimum absolute atomic E-state index is 0.0692. The number of piperazine rings is 1. The highest BCUT2D eigenvalue weighted by Gasteiger charge is 2.31. The van der Waals surface area contributed by atoms with E-state index in [4.69, 9.17) is 0 Å². The quantitative estimate of drug-likeness (QED) is 0.782. The van der Waals surface area contributed by atoms with Gasteiger partial charge in [0.25, 0.3) is 5.91 Å². The van der Waals surface area contributed by atoms with Crippen LogP contribution in [0.25, 0.3) is 0 Å². The summed E-state index contributed by atoms with van der Waals surface area (Å²) in [5, 5.41) is 0. The molecule has 0 unspecified atom stereocenters. The highest BCUT2D eigenvalue weighted by molar-refractivity contribution is 7.89. The molecule has 0 radical (unpaired) electrons. The van der Waals surface area contributed by atoms with Crippen LogP contribution in [0.3, 0.4) is 0 Å². The molecule has 138 valence electrons. The van der Waals surface area contributed by atoms with Gasteiger partial charge < -0.3 is 4.90 Å². The summed E-state index contributed by atoms with van der Waals surface area (Å²) in [7, 11) is -3.08. The molecule has 0 N–H and O–H groups in total. The van der Waals surface area contributed by atoms with Crippen molar-refractivity contribution in [2.24, 2.45) is 0 Å². The monoisotopic (exact) mass is 366 g/mol. The molecule has 3 heterocycles. The zero-order valence-corrected chi connectivity index (χ0v) is 15.5. The molecule has 0 spiro atoms. The van der Waals surface area contributed by atoms with E-state index in [0.717, 1.165) is 39.0 Å². The number of likely N-dealkylation sites (tertiary alicyclic amines) is 1. The first-order valence-electron chi connectivity index (χ1n) is 8.92. The van der Waals surface area contributed by atoms with Gasteiger partial charge in [-0.1, -0.05) is 0 Å². The second kappa shape index (κ2) is 7.80. The summed E-state index contributed by atoms with van der Waals surface area (Å²) in [6.07, 6.45) is 5.17. The third kappa shape index (κ3) is 4.19. The molecule has 2 fully saturated rings. The molecule has 0 saturated carbocycles. The maximum absolute atomic E-state index is 12.5. The fourth-order valence-corrected chi connectivity index (χ4v) is 4.73. The SMILES string of the molecule is CCS(=O)(=O)N1CCN(C2CCN(C(=O)c3ccncc3)CC2)CC1. The Morgan fingerprint density at radius 3 is 2.24 bits per heavy atom. The van der Waals surface area contributed by atoms with Crippen molar-refractivity contribution in [1.29, 1.82) is 0 Å². The Labute approximate surface area is 149 Å². The van der Waals surface area contributed by atoms with Gasteiger partial charge in [0, 0.05) is 63.3 Å². The minimum Gasteiger partial charge on any atom is -0.339 e. The van der Waals surface area contributed by atoms with E-state index in [0.29, 0.717) is 24.7 Å². The number of carbonyl (C=O) groups excluding carboxylic acids is 1. The van der Waals surface area contributed by atoms with E-state index in [2.05, 4.69) is 9.88 Å². The number of piperidine rings is 1. The number of hydrogen-bond donors (Lipinski definition) is 0. The van der Waals surface area contributed by atoms with Crippen LogP contribution in [0, 0.1) is 0 Å². The molecule has 0 bridgehead atoms. The van der Waals surface area contributed by atoms with Gasteiger partial charge in [-0.25, -0.2) is 8.42 Å². The van der Waals surface area contributed by atoms with E-state index in [1.54, 1.807) is 35.8 Å². The molecule has 2 aliphatic heterocycles. The van der Waals surface area contributed by atoms with Crippen molar-refractivity contribution in [3.63, 3.8) is 0 Å². The van der Waals surface area contributed by atoms with E-state index in [-0.39, 0.29) is 11.7 Å². The van der Waals surface area contributed by atoms with Crippen molar-refractivity contribution >= 4 is 15.9 Å². The molecule has 3 rings (SSSR count). The van der Waals surface area contributed by atoms with Gasteiger partial charge in [0.2, 0.25) is 10.0 Å². The van der Waals surface area contributed by atoms with Crippen LogP contribution in [0.15, 0.2) is 24.5 Å². The first kappa shape index (κ1) is 18.3. The van der Waals surface area contributed by atoms with Crippen molar-refractivity contribution in [2.75, 3.05) is 45.0 Å². The topological polar surface area (TPSA) is 73.8 Å².